The van der Waals surface area contributed by atoms with Gasteiger partial charge in [0.2, 0.25) is 0 Å². The summed E-state index contributed by atoms with van der Waals surface area (Å²) in [5.41, 5.74) is 0.243. The zero-order chi connectivity index (χ0) is 10.3. The summed E-state index contributed by atoms with van der Waals surface area (Å²) < 4.78 is 18.0. The Morgan fingerprint density at radius 2 is 2.50 bits per heavy atom. The number of esters is 1. The Bertz CT molecular complexity index is 292. The minimum absolute atomic E-state index is 0.249. The van der Waals surface area contributed by atoms with Crippen LogP contribution in [0.15, 0.2) is 12.2 Å². The van der Waals surface area contributed by atoms with E-state index in [1.54, 1.807) is 0 Å². The molecule has 0 aromatic heterocycles. The van der Waals surface area contributed by atoms with Gasteiger partial charge in [-0.3, -0.25) is 9.69 Å². The third-order valence-electron chi connectivity index (χ3n) is 3.11. The molecule has 0 N–H and O–H groups in total. The van der Waals surface area contributed by atoms with E-state index >= 15 is 0 Å². The quantitative estimate of drug-likeness (QED) is 0.464. The molecule has 0 aromatic rings. The fraction of sp³-hybridized carbons (Fsp3) is 0.700. The van der Waals surface area contributed by atoms with Crippen LogP contribution in [0.3, 0.4) is 0 Å². The third-order valence-corrected chi connectivity index (χ3v) is 3.11. The highest BCUT2D eigenvalue weighted by Crippen LogP contribution is 2.42. The number of alkyl halides is 1. The first-order chi connectivity index (χ1) is 6.58. The maximum absolute atomic E-state index is 13.2. The average Bonchev–Trinajstić information content (AvgIpc) is 2.55. The van der Waals surface area contributed by atoms with Crippen LogP contribution in [-0.4, -0.2) is 42.8 Å². The Kier molecular flexibility index (Phi) is 2.10. The molecule has 2 heterocycles. The number of fused-ring (bicyclic) bond motifs is 1. The van der Waals surface area contributed by atoms with Crippen LogP contribution in [0.2, 0.25) is 0 Å². The molecule has 14 heavy (non-hydrogen) atoms. The lowest BCUT2D eigenvalue weighted by molar-refractivity contribution is -0.151. The van der Waals surface area contributed by atoms with Crippen molar-refractivity contribution in [3.63, 3.8) is 0 Å². The van der Waals surface area contributed by atoms with E-state index in [0.717, 1.165) is 5.57 Å². The number of rotatable bonds is 1. The van der Waals surface area contributed by atoms with E-state index in [1.807, 2.05) is 4.90 Å². The SMILES string of the molecule is C=C1CN2CC(F)CC2(C(=O)OC)C1. The monoisotopic (exact) mass is 199 g/mol. The Hall–Kier alpha value is -0.900. The minimum atomic E-state index is -0.915. The fourth-order valence-corrected chi connectivity index (χ4v) is 2.59. The summed E-state index contributed by atoms with van der Waals surface area (Å²) in [6.45, 7) is 4.80. The van der Waals surface area contributed by atoms with Crippen molar-refractivity contribution in [1.82, 2.24) is 4.90 Å². The second-order valence-corrected chi connectivity index (χ2v) is 4.13. The maximum Gasteiger partial charge on any atom is 0.326 e. The molecule has 0 aliphatic carbocycles. The molecule has 78 valence electrons. The topological polar surface area (TPSA) is 29.5 Å². The van der Waals surface area contributed by atoms with Crippen molar-refractivity contribution in [3.8, 4) is 0 Å². The highest BCUT2D eigenvalue weighted by atomic mass is 19.1. The highest BCUT2D eigenvalue weighted by Gasteiger charge is 2.55. The van der Waals surface area contributed by atoms with Crippen LogP contribution < -0.4 is 0 Å². The molecular weight excluding hydrogens is 185 g/mol. The van der Waals surface area contributed by atoms with E-state index in [4.69, 9.17) is 4.74 Å². The van der Waals surface area contributed by atoms with Crippen LogP contribution in [0.4, 0.5) is 4.39 Å². The molecular formula is C10H14FNO2. The van der Waals surface area contributed by atoms with Crippen molar-refractivity contribution >= 4 is 5.97 Å². The number of nitrogens with zero attached hydrogens (tertiary/aromatic N) is 1. The van der Waals surface area contributed by atoms with Gasteiger partial charge in [-0.25, -0.2) is 4.39 Å². The van der Waals surface area contributed by atoms with E-state index in [1.165, 1.54) is 7.11 Å². The van der Waals surface area contributed by atoms with Crippen LogP contribution in [0, 0.1) is 0 Å². The van der Waals surface area contributed by atoms with Gasteiger partial charge in [-0.1, -0.05) is 12.2 Å². The number of hydrogen-bond donors (Lipinski definition) is 0. The summed E-state index contributed by atoms with van der Waals surface area (Å²) in [7, 11) is 1.35. The third kappa shape index (κ3) is 1.17. The van der Waals surface area contributed by atoms with Crippen LogP contribution >= 0.6 is 0 Å². The lowest BCUT2D eigenvalue weighted by Crippen LogP contribution is -2.46. The first-order valence-corrected chi connectivity index (χ1v) is 4.73. The smallest absolute Gasteiger partial charge is 0.326 e. The van der Waals surface area contributed by atoms with Gasteiger partial charge in [-0.05, 0) is 6.42 Å². The van der Waals surface area contributed by atoms with Crippen molar-refractivity contribution < 1.29 is 13.9 Å². The molecule has 3 nitrogen and oxygen atoms in total. The summed E-state index contributed by atoms with van der Waals surface area (Å²) in [5, 5.41) is 0. The van der Waals surface area contributed by atoms with Crippen molar-refractivity contribution in [2.75, 3.05) is 20.2 Å². The maximum atomic E-state index is 13.2. The zero-order valence-corrected chi connectivity index (χ0v) is 8.25. The minimum Gasteiger partial charge on any atom is -0.468 e. The Morgan fingerprint density at radius 3 is 3.14 bits per heavy atom. The van der Waals surface area contributed by atoms with Gasteiger partial charge in [0, 0.05) is 19.5 Å². The number of carbonyl (C=O) groups is 1. The predicted octanol–water partition coefficient (Wildman–Crippen LogP) is 0.902. The van der Waals surface area contributed by atoms with Crippen LogP contribution in [0.25, 0.3) is 0 Å². The molecule has 0 amide bonds. The van der Waals surface area contributed by atoms with Crippen LogP contribution in [-0.2, 0) is 9.53 Å². The summed E-state index contributed by atoms with van der Waals surface area (Å²) in [6.07, 6.45) is -0.124. The van der Waals surface area contributed by atoms with Gasteiger partial charge in [0.15, 0.2) is 0 Å². The number of halogens is 1. The van der Waals surface area contributed by atoms with Gasteiger partial charge in [-0.15, -0.1) is 0 Å². The van der Waals surface area contributed by atoms with Crippen LogP contribution in [0.5, 0.6) is 0 Å². The van der Waals surface area contributed by atoms with Crippen molar-refractivity contribution in [3.05, 3.63) is 12.2 Å². The molecule has 2 aliphatic heterocycles. The van der Waals surface area contributed by atoms with Gasteiger partial charge in [-0.2, -0.15) is 0 Å². The number of ether oxygens (including phenoxy) is 1. The standard InChI is InChI=1S/C10H14FNO2/c1-7-3-10(9(13)14-2)4-8(11)6-12(10)5-7/h8H,1,3-6H2,2H3. The Balaban J connectivity index is 2.29. The molecule has 0 radical (unpaired) electrons. The van der Waals surface area contributed by atoms with Gasteiger partial charge >= 0.3 is 5.97 Å². The largest absolute Gasteiger partial charge is 0.468 e. The summed E-state index contributed by atoms with van der Waals surface area (Å²) in [6, 6.07) is 0. The number of hydrogen-bond acceptors (Lipinski definition) is 3. The summed E-state index contributed by atoms with van der Waals surface area (Å²) in [5.74, 6) is -0.323. The fourth-order valence-electron chi connectivity index (χ4n) is 2.59. The molecule has 2 atom stereocenters. The van der Waals surface area contributed by atoms with Gasteiger partial charge in [0.05, 0.1) is 7.11 Å². The number of methoxy groups -OCH3 is 1. The van der Waals surface area contributed by atoms with E-state index in [2.05, 4.69) is 6.58 Å². The molecule has 0 saturated carbocycles. The summed E-state index contributed by atoms with van der Waals surface area (Å²) >= 11 is 0. The first-order valence-electron chi connectivity index (χ1n) is 4.73. The molecule has 2 fully saturated rings. The van der Waals surface area contributed by atoms with E-state index < -0.39 is 11.7 Å². The van der Waals surface area contributed by atoms with Crippen molar-refractivity contribution in [2.24, 2.45) is 0 Å². The molecule has 4 heteroatoms. The van der Waals surface area contributed by atoms with Gasteiger partial charge in [0.25, 0.3) is 0 Å². The van der Waals surface area contributed by atoms with Crippen molar-refractivity contribution in [2.45, 2.75) is 24.6 Å². The lowest BCUT2D eigenvalue weighted by atomic mass is 9.92. The molecule has 2 unspecified atom stereocenters. The first kappa shape index (κ1) is 9.65. The normalized spacial score (nSPS) is 37.3. The Labute approximate surface area is 82.5 Å². The Morgan fingerprint density at radius 1 is 1.79 bits per heavy atom. The van der Waals surface area contributed by atoms with Gasteiger partial charge in [0.1, 0.15) is 11.7 Å². The molecule has 0 aromatic carbocycles. The summed E-state index contributed by atoms with van der Waals surface area (Å²) in [4.78, 5) is 13.5. The van der Waals surface area contributed by atoms with E-state index in [9.17, 15) is 9.18 Å². The molecule has 2 rings (SSSR count). The molecule has 0 bridgehead atoms. The average molecular weight is 199 g/mol. The predicted molar refractivity (Wildman–Crippen MR) is 49.6 cm³/mol. The zero-order valence-electron chi connectivity index (χ0n) is 8.25. The van der Waals surface area contributed by atoms with Crippen LogP contribution in [0.1, 0.15) is 12.8 Å². The molecule has 2 aliphatic rings. The highest BCUT2D eigenvalue weighted by molar-refractivity contribution is 5.82. The van der Waals surface area contributed by atoms with Crippen molar-refractivity contribution in [1.29, 1.82) is 0 Å². The van der Waals surface area contributed by atoms with E-state index in [0.29, 0.717) is 19.5 Å². The molecule has 2 saturated heterocycles. The number of carbonyl (C=O) groups excluding carboxylic acids is 1. The van der Waals surface area contributed by atoms with Gasteiger partial charge < -0.3 is 4.74 Å². The second-order valence-electron chi connectivity index (χ2n) is 4.13. The lowest BCUT2D eigenvalue weighted by Gasteiger charge is -2.27. The second kappa shape index (κ2) is 3.05. The van der Waals surface area contributed by atoms with E-state index in [-0.39, 0.29) is 12.4 Å². The molecule has 0 spiro atoms.